The van der Waals surface area contributed by atoms with Gasteiger partial charge in [0.05, 0.1) is 24.3 Å². The predicted molar refractivity (Wildman–Crippen MR) is 51.4 cm³/mol. The van der Waals surface area contributed by atoms with Crippen LogP contribution in [0.1, 0.15) is 0 Å². The number of barbiturate groups is 1. The quantitative estimate of drug-likeness (QED) is 0.491. The summed E-state index contributed by atoms with van der Waals surface area (Å²) < 4.78 is 0. The highest BCUT2D eigenvalue weighted by Gasteiger charge is 2.99. The molecule has 4 amide bonds. The average molecular weight is 254 g/mol. The van der Waals surface area contributed by atoms with Crippen LogP contribution >= 0.6 is 0 Å². The van der Waals surface area contributed by atoms with E-state index in [0.717, 1.165) is 0 Å². The van der Waals surface area contributed by atoms with Crippen LogP contribution in [0.4, 0.5) is 4.79 Å². The average Bonchev–Trinajstić information content (AvgIpc) is 2.94. The molecule has 1 saturated carbocycles. The monoisotopic (exact) mass is 254 g/mol. The molecule has 0 aromatic rings. The van der Waals surface area contributed by atoms with Crippen LogP contribution in [0.5, 0.6) is 0 Å². The second-order valence-corrected chi connectivity index (χ2v) is 3.93. The first-order valence-electron chi connectivity index (χ1n) is 4.76. The number of rotatable bonds is 0. The van der Waals surface area contributed by atoms with Crippen molar-refractivity contribution >= 4 is 17.8 Å². The van der Waals surface area contributed by atoms with Crippen LogP contribution in [0.2, 0.25) is 0 Å². The van der Waals surface area contributed by atoms with E-state index in [-0.39, 0.29) is 0 Å². The molecule has 0 atom stereocenters. The molecule has 2 aliphatic rings. The van der Waals surface area contributed by atoms with E-state index in [2.05, 4.69) is 0 Å². The summed E-state index contributed by atoms with van der Waals surface area (Å²) in [6, 6.07) is 4.43. The van der Waals surface area contributed by atoms with Gasteiger partial charge in [-0.25, -0.2) is 4.79 Å². The van der Waals surface area contributed by atoms with Crippen molar-refractivity contribution in [1.82, 2.24) is 10.6 Å². The van der Waals surface area contributed by atoms with Gasteiger partial charge in [0.15, 0.2) is 5.41 Å². The molecular formula is C10H2N6O3. The predicted octanol–water partition coefficient (Wildman–Crippen LogP) is -1.58. The molecule has 2 rings (SSSR count). The number of hydrogen-bond donors (Lipinski definition) is 2. The van der Waals surface area contributed by atoms with Gasteiger partial charge >= 0.3 is 6.03 Å². The molecule has 1 aliphatic carbocycles. The minimum atomic E-state index is -2.51. The zero-order valence-electron chi connectivity index (χ0n) is 9.01. The third kappa shape index (κ3) is 0.802. The van der Waals surface area contributed by atoms with Gasteiger partial charge in [0, 0.05) is 0 Å². The highest BCUT2D eigenvalue weighted by Crippen LogP contribution is 2.77. The molecule has 2 N–H and O–H groups in total. The summed E-state index contributed by atoms with van der Waals surface area (Å²) in [5, 5.41) is 39.6. The molecular weight excluding hydrogens is 252 g/mol. The smallest absolute Gasteiger partial charge is 0.277 e. The summed E-state index contributed by atoms with van der Waals surface area (Å²) in [6.07, 6.45) is 0. The Hall–Kier alpha value is -3.43. The van der Waals surface area contributed by atoms with Crippen molar-refractivity contribution in [3.63, 3.8) is 0 Å². The molecule has 1 heterocycles. The molecule has 0 aromatic carbocycles. The Bertz CT molecular complexity index is 622. The third-order valence-corrected chi connectivity index (χ3v) is 3.43. The van der Waals surface area contributed by atoms with Gasteiger partial charge in [-0.3, -0.25) is 20.2 Å². The van der Waals surface area contributed by atoms with Gasteiger partial charge in [0.1, 0.15) is 0 Å². The molecule has 0 unspecified atom stereocenters. The largest absolute Gasteiger partial charge is 0.328 e. The van der Waals surface area contributed by atoms with Gasteiger partial charge in [-0.05, 0) is 0 Å². The number of nitrogens with one attached hydrogen (secondary N) is 2. The molecule has 1 aliphatic heterocycles. The van der Waals surface area contributed by atoms with Crippen LogP contribution in [-0.4, -0.2) is 17.8 Å². The van der Waals surface area contributed by atoms with E-state index in [9.17, 15) is 14.4 Å². The maximum atomic E-state index is 11.9. The maximum absolute atomic E-state index is 11.9. The Morgan fingerprint density at radius 3 is 1.32 bits per heavy atom. The fourth-order valence-corrected chi connectivity index (χ4v) is 2.49. The van der Waals surface area contributed by atoms with Gasteiger partial charge in [-0.1, -0.05) is 0 Å². The van der Waals surface area contributed by atoms with Crippen LogP contribution in [0.15, 0.2) is 0 Å². The van der Waals surface area contributed by atoms with Crippen molar-refractivity contribution in [2.24, 2.45) is 16.2 Å². The summed E-state index contributed by atoms with van der Waals surface area (Å²) in [5.74, 6) is -2.60. The van der Waals surface area contributed by atoms with Crippen LogP contribution in [0.3, 0.4) is 0 Å². The SMILES string of the molecule is N#CC1(C#N)C(C#N)(C#N)C12C(=O)NC(=O)NC2=O. The van der Waals surface area contributed by atoms with Crippen LogP contribution in [0, 0.1) is 61.6 Å². The Morgan fingerprint density at radius 2 is 1.05 bits per heavy atom. The topological polar surface area (TPSA) is 170 Å². The second kappa shape index (κ2) is 3.07. The zero-order chi connectivity index (χ0) is 14.5. The highest BCUT2D eigenvalue weighted by atomic mass is 16.2. The number of imide groups is 2. The standard InChI is InChI=1S/C10H2N6O3/c11-1-8(2-12)9(3-13,4-14)10(8)5(17)15-7(19)16-6(10)18/h(H2,15,16,17,18,19). The van der Waals surface area contributed by atoms with Crippen molar-refractivity contribution in [3.8, 4) is 24.3 Å². The Labute approximate surface area is 105 Å². The van der Waals surface area contributed by atoms with Gasteiger partial charge in [0.2, 0.25) is 22.6 Å². The number of carbonyl (C=O) groups excluding carboxylic acids is 3. The maximum Gasteiger partial charge on any atom is 0.328 e. The molecule has 9 heteroatoms. The van der Waals surface area contributed by atoms with E-state index in [0.29, 0.717) is 0 Å². The lowest BCUT2D eigenvalue weighted by Gasteiger charge is -2.21. The summed E-state index contributed by atoms with van der Waals surface area (Å²) in [7, 11) is 0. The summed E-state index contributed by atoms with van der Waals surface area (Å²) in [4.78, 5) is 34.7. The minimum absolute atomic E-state index is 1.14. The Kier molecular flexibility index (Phi) is 1.94. The Morgan fingerprint density at radius 1 is 0.737 bits per heavy atom. The lowest BCUT2D eigenvalue weighted by Crippen LogP contribution is -2.59. The zero-order valence-corrected chi connectivity index (χ0v) is 9.01. The second-order valence-electron chi connectivity index (χ2n) is 3.93. The fourth-order valence-electron chi connectivity index (χ4n) is 2.49. The number of hydrogen-bond acceptors (Lipinski definition) is 7. The van der Waals surface area contributed by atoms with E-state index >= 15 is 0 Å². The van der Waals surface area contributed by atoms with Gasteiger partial charge < -0.3 is 0 Å². The van der Waals surface area contributed by atoms with Crippen LogP contribution in [0.25, 0.3) is 0 Å². The molecule has 2 fully saturated rings. The van der Waals surface area contributed by atoms with E-state index < -0.39 is 34.1 Å². The third-order valence-electron chi connectivity index (χ3n) is 3.43. The summed E-state index contributed by atoms with van der Waals surface area (Å²) in [5.41, 5.74) is -7.41. The first-order chi connectivity index (χ1) is 8.94. The first kappa shape index (κ1) is 12.0. The lowest BCUT2D eigenvalue weighted by atomic mass is 9.90. The molecule has 1 spiro atoms. The number of nitrogens with zero attached hydrogens (tertiary/aromatic N) is 4. The van der Waals surface area contributed by atoms with Gasteiger partial charge in [-0.15, -0.1) is 0 Å². The van der Waals surface area contributed by atoms with Crippen molar-refractivity contribution in [2.75, 3.05) is 0 Å². The van der Waals surface area contributed by atoms with Crippen LogP contribution < -0.4 is 10.6 Å². The van der Waals surface area contributed by atoms with Crippen molar-refractivity contribution in [1.29, 1.82) is 21.0 Å². The summed E-state index contributed by atoms with van der Waals surface area (Å²) >= 11 is 0. The number of carbonyl (C=O) groups is 3. The lowest BCUT2D eigenvalue weighted by molar-refractivity contribution is -0.139. The van der Waals surface area contributed by atoms with Gasteiger partial charge in [-0.2, -0.15) is 21.0 Å². The van der Waals surface area contributed by atoms with Crippen molar-refractivity contribution in [2.45, 2.75) is 0 Å². The first-order valence-corrected chi connectivity index (χ1v) is 4.76. The van der Waals surface area contributed by atoms with Crippen molar-refractivity contribution in [3.05, 3.63) is 0 Å². The molecule has 90 valence electrons. The minimum Gasteiger partial charge on any atom is -0.277 e. The number of urea groups is 1. The number of nitriles is 4. The van der Waals surface area contributed by atoms with Crippen molar-refractivity contribution < 1.29 is 14.4 Å². The highest BCUT2D eigenvalue weighted by molar-refractivity contribution is 6.25. The Balaban J connectivity index is 2.80. The summed E-state index contributed by atoms with van der Waals surface area (Å²) in [6.45, 7) is 0. The molecule has 0 bridgehead atoms. The molecule has 0 radical (unpaired) electrons. The normalized spacial score (nSPS) is 23.9. The molecule has 9 nitrogen and oxygen atoms in total. The van der Waals surface area contributed by atoms with E-state index in [1.54, 1.807) is 10.6 Å². The number of amides is 4. The molecule has 19 heavy (non-hydrogen) atoms. The molecule has 1 saturated heterocycles. The van der Waals surface area contributed by atoms with Crippen LogP contribution in [-0.2, 0) is 9.59 Å². The molecule has 0 aromatic heterocycles. The fraction of sp³-hybridized carbons (Fsp3) is 0.300. The van der Waals surface area contributed by atoms with Gasteiger partial charge in [0.25, 0.3) is 0 Å². The van der Waals surface area contributed by atoms with E-state index in [1.165, 1.54) is 24.3 Å². The van der Waals surface area contributed by atoms with E-state index in [4.69, 9.17) is 21.0 Å². The van der Waals surface area contributed by atoms with E-state index in [1.807, 2.05) is 0 Å².